The molecule has 2 fully saturated rings. The lowest BCUT2D eigenvalue weighted by molar-refractivity contribution is -0.116. The highest BCUT2D eigenvalue weighted by molar-refractivity contribution is 9.10. The minimum atomic E-state index is -3.21. The second kappa shape index (κ2) is 7.33. The lowest BCUT2D eigenvalue weighted by atomic mass is 10.0. The Kier molecular flexibility index (Phi) is 5.33. The minimum Gasteiger partial charge on any atom is -0.332 e. The van der Waals surface area contributed by atoms with E-state index >= 15 is 0 Å². The van der Waals surface area contributed by atoms with Crippen molar-refractivity contribution in [2.24, 2.45) is 0 Å². The van der Waals surface area contributed by atoms with Gasteiger partial charge in [0.2, 0.25) is 5.91 Å². The molecule has 3 N–H and O–H groups in total. The van der Waals surface area contributed by atoms with Crippen molar-refractivity contribution in [2.75, 3.05) is 11.1 Å². The van der Waals surface area contributed by atoms with Crippen LogP contribution in [0, 0.1) is 0 Å². The smallest absolute Gasteiger partial charge is 0.315 e. The molecule has 3 atom stereocenters. The predicted octanol–water partition coefficient (Wildman–Crippen LogP) is 1.80. The number of hydrogen-bond donors (Lipinski definition) is 3. The third-order valence-electron chi connectivity index (χ3n) is 4.59. The molecule has 0 radical (unpaired) electrons. The van der Waals surface area contributed by atoms with Crippen LogP contribution < -0.4 is 16.0 Å². The fourth-order valence-electron chi connectivity index (χ4n) is 3.39. The molecule has 9 heteroatoms. The Balaban J connectivity index is 1.44. The minimum absolute atomic E-state index is 0.00880. The molecule has 0 aromatic heterocycles. The van der Waals surface area contributed by atoms with Gasteiger partial charge in [-0.05, 0) is 37.1 Å². The second-order valence-electron chi connectivity index (χ2n) is 6.42. The number of urea groups is 1. The number of carbonyl (C=O) groups is 2. The number of nitrogens with one attached hydrogen (secondary N) is 3. The van der Waals surface area contributed by atoms with Crippen LogP contribution >= 0.6 is 15.9 Å². The lowest BCUT2D eigenvalue weighted by Gasteiger charge is -2.16. The van der Waals surface area contributed by atoms with E-state index < -0.39 is 15.1 Å². The van der Waals surface area contributed by atoms with Crippen LogP contribution in [0.15, 0.2) is 28.7 Å². The fraction of sp³-hybridized carbons (Fsp3) is 0.500. The van der Waals surface area contributed by atoms with Gasteiger partial charge in [0.05, 0.1) is 23.1 Å². The Morgan fingerprint density at radius 3 is 2.64 bits per heavy atom. The molecule has 2 heterocycles. The number of carbonyl (C=O) groups excluding carboxylic acids is 2. The summed E-state index contributed by atoms with van der Waals surface area (Å²) in [4.78, 5) is 23.3. The molecule has 3 amide bonds. The maximum atomic E-state index is 12.2. The van der Waals surface area contributed by atoms with E-state index in [1.807, 2.05) is 24.3 Å². The van der Waals surface area contributed by atoms with E-state index in [1.54, 1.807) is 0 Å². The first kappa shape index (κ1) is 18.2. The van der Waals surface area contributed by atoms with Crippen molar-refractivity contribution in [3.05, 3.63) is 28.7 Å². The molecule has 2 saturated heterocycles. The highest BCUT2D eigenvalue weighted by Crippen LogP contribution is 2.28. The van der Waals surface area contributed by atoms with Crippen molar-refractivity contribution in [3.8, 4) is 0 Å². The first-order chi connectivity index (χ1) is 11.8. The molecule has 3 unspecified atom stereocenters. The zero-order valence-electron chi connectivity index (χ0n) is 13.5. The van der Waals surface area contributed by atoms with Crippen LogP contribution in [0.2, 0.25) is 0 Å². The Morgan fingerprint density at radius 2 is 1.92 bits per heavy atom. The van der Waals surface area contributed by atoms with E-state index in [4.69, 9.17) is 0 Å². The number of benzene rings is 1. The number of unbranched alkanes of at least 4 members (excludes halogenated alkanes) is 1. The average molecular weight is 430 g/mol. The first-order valence-electron chi connectivity index (χ1n) is 8.19. The maximum Gasteiger partial charge on any atom is 0.315 e. The summed E-state index contributed by atoms with van der Waals surface area (Å²) in [7, 11) is -3.21. The number of amides is 3. The van der Waals surface area contributed by atoms with Gasteiger partial charge in [0.15, 0.2) is 9.84 Å². The monoisotopic (exact) mass is 429 g/mol. The van der Waals surface area contributed by atoms with Crippen molar-refractivity contribution in [1.29, 1.82) is 0 Å². The number of hydrogen-bond acceptors (Lipinski definition) is 4. The number of sulfone groups is 1. The molecule has 0 spiro atoms. The van der Waals surface area contributed by atoms with Crippen LogP contribution in [0.25, 0.3) is 0 Å². The number of rotatable bonds is 6. The van der Waals surface area contributed by atoms with Gasteiger partial charge in [0.1, 0.15) is 0 Å². The molecule has 25 heavy (non-hydrogen) atoms. The molecule has 1 aromatic rings. The summed E-state index contributed by atoms with van der Waals surface area (Å²) in [6, 6.07) is 6.33. The molecular formula is C16H20BrN3O4S. The molecule has 2 aliphatic rings. The summed E-state index contributed by atoms with van der Waals surface area (Å²) < 4.78 is 25.3. The molecule has 0 aliphatic carbocycles. The SMILES string of the molecule is O=C(CCCCC1C2NC(=O)NC2CS1(=O)=O)Nc1ccc(Br)cc1. The van der Waals surface area contributed by atoms with E-state index in [0.717, 1.165) is 10.2 Å². The molecule has 0 saturated carbocycles. The summed E-state index contributed by atoms with van der Waals surface area (Å²) in [5, 5.41) is 7.59. The van der Waals surface area contributed by atoms with E-state index in [0.29, 0.717) is 25.7 Å². The lowest BCUT2D eigenvalue weighted by Crippen LogP contribution is -2.39. The molecule has 7 nitrogen and oxygen atoms in total. The number of halogens is 1. The van der Waals surface area contributed by atoms with Crippen molar-refractivity contribution >= 4 is 43.4 Å². The molecule has 1 aromatic carbocycles. The third-order valence-corrected chi connectivity index (χ3v) is 7.40. The Bertz CT molecular complexity index is 766. The zero-order chi connectivity index (χ0) is 18.0. The average Bonchev–Trinajstić information content (AvgIpc) is 2.98. The summed E-state index contributed by atoms with van der Waals surface area (Å²) in [6.07, 6.45) is 2.02. The molecular weight excluding hydrogens is 410 g/mol. The van der Waals surface area contributed by atoms with Crippen LogP contribution in [-0.2, 0) is 14.6 Å². The Morgan fingerprint density at radius 1 is 1.20 bits per heavy atom. The van der Waals surface area contributed by atoms with E-state index in [2.05, 4.69) is 31.9 Å². The van der Waals surface area contributed by atoms with Crippen molar-refractivity contribution in [2.45, 2.75) is 43.0 Å². The summed E-state index contributed by atoms with van der Waals surface area (Å²) in [5.74, 6) is -0.101. The predicted molar refractivity (Wildman–Crippen MR) is 98.1 cm³/mol. The van der Waals surface area contributed by atoms with E-state index in [9.17, 15) is 18.0 Å². The molecule has 2 aliphatic heterocycles. The van der Waals surface area contributed by atoms with Crippen molar-refractivity contribution in [1.82, 2.24) is 10.6 Å². The van der Waals surface area contributed by atoms with Gasteiger partial charge in [0, 0.05) is 16.6 Å². The van der Waals surface area contributed by atoms with Gasteiger partial charge < -0.3 is 16.0 Å². The summed E-state index contributed by atoms with van der Waals surface area (Å²) in [6.45, 7) is 0. The van der Waals surface area contributed by atoms with E-state index in [1.165, 1.54) is 0 Å². The normalized spacial score (nSPS) is 26.6. The van der Waals surface area contributed by atoms with Crippen molar-refractivity contribution < 1.29 is 18.0 Å². The Labute approximate surface area is 155 Å². The first-order valence-corrected chi connectivity index (χ1v) is 10.7. The standard InChI is InChI=1S/C16H20BrN3O4S/c17-10-5-7-11(8-6-10)18-14(21)4-2-1-3-13-15-12(9-25(13,23)24)19-16(22)20-15/h5-8,12-13,15H,1-4,9H2,(H,18,21)(H2,19,20,22). The zero-order valence-corrected chi connectivity index (χ0v) is 15.9. The van der Waals surface area contributed by atoms with Gasteiger partial charge in [-0.2, -0.15) is 0 Å². The highest BCUT2D eigenvalue weighted by atomic mass is 79.9. The Hall–Kier alpha value is -1.61. The van der Waals surface area contributed by atoms with Gasteiger partial charge in [-0.15, -0.1) is 0 Å². The van der Waals surface area contributed by atoms with Crippen molar-refractivity contribution in [3.63, 3.8) is 0 Å². The van der Waals surface area contributed by atoms with Gasteiger partial charge in [-0.3, -0.25) is 4.79 Å². The van der Waals surface area contributed by atoms with Gasteiger partial charge in [0.25, 0.3) is 0 Å². The van der Waals surface area contributed by atoms with Crippen LogP contribution in [0.3, 0.4) is 0 Å². The van der Waals surface area contributed by atoms with Gasteiger partial charge in [-0.25, -0.2) is 13.2 Å². The highest BCUT2D eigenvalue weighted by Gasteiger charge is 2.51. The van der Waals surface area contributed by atoms with Crippen LogP contribution in [-0.4, -0.2) is 43.4 Å². The number of fused-ring (bicyclic) bond motifs is 1. The van der Waals surface area contributed by atoms with E-state index in [-0.39, 0.29) is 29.8 Å². The van der Waals surface area contributed by atoms with Crippen LogP contribution in [0.4, 0.5) is 10.5 Å². The second-order valence-corrected chi connectivity index (χ2v) is 9.60. The van der Waals surface area contributed by atoms with Crippen LogP contribution in [0.1, 0.15) is 25.7 Å². The maximum absolute atomic E-state index is 12.2. The summed E-state index contributed by atoms with van der Waals surface area (Å²) in [5.41, 5.74) is 0.731. The molecule has 136 valence electrons. The molecule has 3 rings (SSSR count). The topological polar surface area (TPSA) is 104 Å². The van der Waals surface area contributed by atoms with Gasteiger partial charge >= 0.3 is 6.03 Å². The third kappa shape index (κ3) is 4.33. The summed E-state index contributed by atoms with van der Waals surface area (Å²) >= 11 is 3.33. The largest absolute Gasteiger partial charge is 0.332 e. The number of anilines is 1. The fourth-order valence-corrected chi connectivity index (χ4v) is 5.93. The molecule has 0 bridgehead atoms. The van der Waals surface area contributed by atoms with Gasteiger partial charge in [-0.1, -0.05) is 22.4 Å². The quantitative estimate of drug-likeness (QED) is 0.473. The van der Waals surface area contributed by atoms with Crippen LogP contribution in [0.5, 0.6) is 0 Å².